The van der Waals surface area contributed by atoms with Crippen molar-refractivity contribution in [3.63, 3.8) is 0 Å². The molecule has 1 nitrogen and oxygen atoms in total. The SMILES string of the molecule is Cc1ccc2c(c1-c1cc3c(cc1N(c1ccccc1)c1ccc4c(c1)C(C)(C)c1ccccc1-4)C1(c4ccccc4-c4ccccc41)c1ccccc1-3)CCCC2. The Morgan fingerprint density at radius 1 is 0.414 bits per heavy atom. The fourth-order valence-electron chi connectivity index (χ4n) is 11.7. The number of nitrogens with zero attached hydrogens (tertiary/aromatic N) is 1. The topological polar surface area (TPSA) is 3.24 Å². The fraction of sp³-hybridized carbons (Fsp3) is 0.158. The lowest BCUT2D eigenvalue weighted by Gasteiger charge is -2.34. The van der Waals surface area contributed by atoms with E-state index in [-0.39, 0.29) is 5.41 Å². The van der Waals surface area contributed by atoms with E-state index in [2.05, 4.69) is 196 Å². The number of anilines is 3. The number of hydrogen-bond acceptors (Lipinski definition) is 1. The van der Waals surface area contributed by atoms with Crippen molar-refractivity contribution in [1.29, 1.82) is 0 Å². The van der Waals surface area contributed by atoms with E-state index < -0.39 is 5.41 Å². The third-order valence-corrected chi connectivity index (χ3v) is 14.2. The Hall–Kier alpha value is -6.44. The first kappa shape index (κ1) is 33.7. The van der Waals surface area contributed by atoms with E-state index in [4.69, 9.17) is 0 Å². The van der Waals surface area contributed by atoms with E-state index in [1.165, 1.54) is 119 Å². The summed E-state index contributed by atoms with van der Waals surface area (Å²) < 4.78 is 0. The summed E-state index contributed by atoms with van der Waals surface area (Å²) in [4.78, 5) is 2.58. The minimum atomic E-state index is -0.443. The first-order valence-electron chi connectivity index (χ1n) is 21.2. The molecule has 0 amide bonds. The Labute approximate surface area is 342 Å². The predicted molar refractivity (Wildman–Crippen MR) is 242 cm³/mol. The number of fused-ring (bicyclic) bond motifs is 14. The Bertz CT molecular complexity index is 2950. The smallest absolute Gasteiger partial charge is 0.0726 e. The number of para-hydroxylation sites is 1. The second-order valence-electron chi connectivity index (χ2n) is 17.5. The van der Waals surface area contributed by atoms with Crippen molar-refractivity contribution < 1.29 is 0 Å². The van der Waals surface area contributed by atoms with Crippen molar-refractivity contribution >= 4 is 17.1 Å². The molecule has 4 aliphatic carbocycles. The normalized spacial score (nSPS) is 15.5. The van der Waals surface area contributed by atoms with Gasteiger partial charge in [0.2, 0.25) is 0 Å². The van der Waals surface area contributed by atoms with Gasteiger partial charge < -0.3 is 4.90 Å². The fourth-order valence-corrected chi connectivity index (χ4v) is 11.7. The Morgan fingerprint density at radius 2 is 0.966 bits per heavy atom. The zero-order valence-corrected chi connectivity index (χ0v) is 33.4. The minimum absolute atomic E-state index is 0.122. The van der Waals surface area contributed by atoms with E-state index in [0.717, 1.165) is 18.5 Å². The molecular formula is C57H45N. The van der Waals surface area contributed by atoms with Crippen LogP contribution in [0.1, 0.15) is 76.8 Å². The summed E-state index contributed by atoms with van der Waals surface area (Å²) in [5.74, 6) is 0. The molecule has 1 spiro atoms. The van der Waals surface area contributed by atoms with Gasteiger partial charge in [-0.1, -0.05) is 147 Å². The number of aryl methyl sites for hydroxylation is 2. The van der Waals surface area contributed by atoms with Crippen LogP contribution < -0.4 is 4.90 Å². The van der Waals surface area contributed by atoms with Gasteiger partial charge in [-0.15, -0.1) is 0 Å². The van der Waals surface area contributed by atoms with E-state index in [1.807, 2.05) is 0 Å². The molecule has 0 bridgehead atoms. The molecule has 0 fully saturated rings. The van der Waals surface area contributed by atoms with Gasteiger partial charge in [-0.3, -0.25) is 0 Å². The molecule has 278 valence electrons. The summed E-state index contributed by atoms with van der Waals surface area (Å²) in [5.41, 5.74) is 26.4. The van der Waals surface area contributed by atoms with Gasteiger partial charge in [0.05, 0.1) is 11.1 Å². The van der Waals surface area contributed by atoms with Crippen molar-refractivity contribution in [2.24, 2.45) is 0 Å². The second-order valence-corrected chi connectivity index (χ2v) is 17.5. The zero-order chi connectivity index (χ0) is 38.8. The Morgan fingerprint density at radius 3 is 1.64 bits per heavy atom. The van der Waals surface area contributed by atoms with Crippen LogP contribution in [0.5, 0.6) is 0 Å². The van der Waals surface area contributed by atoms with E-state index >= 15 is 0 Å². The summed E-state index contributed by atoms with van der Waals surface area (Å²) in [6.45, 7) is 7.12. The summed E-state index contributed by atoms with van der Waals surface area (Å²) in [6, 6.07) is 65.0. The molecule has 0 saturated heterocycles. The summed E-state index contributed by atoms with van der Waals surface area (Å²) in [7, 11) is 0. The van der Waals surface area contributed by atoms with Gasteiger partial charge in [-0.05, 0) is 158 Å². The molecule has 1 heteroatoms. The van der Waals surface area contributed by atoms with Crippen molar-refractivity contribution in [2.75, 3.05) is 4.90 Å². The maximum Gasteiger partial charge on any atom is 0.0726 e. The maximum absolute atomic E-state index is 2.62. The van der Waals surface area contributed by atoms with Crippen LogP contribution in [0.15, 0.2) is 170 Å². The molecule has 8 aromatic rings. The van der Waals surface area contributed by atoms with Crippen LogP contribution in [0, 0.1) is 6.92 Å². The van der Waals surface area contributed by atoms with Gasteiger partial charge >= 0.3 is 0 Å². The van der Waals surface area contributed by atoms with Crippen molar-refractivity contribution in [3.05, 3.63) is 220 Å². The van der Waals surface area contributed by atoms with E-state index in [0.29, 0.717) is 0 Å². The summed E-state index contributed by atoms with van der Waals surface area (Å²) >= 11 is 0. The quantitative estimate of drug-likeness (QED) is 0.173. The number of benzene rings is 8. The maximum atomic E-state index is 2.62. The van der Waals surface area contributed by atoms with Gasteiger partial charge in [0.15, 0.2) is 0 Å². The molecule has 0 atom stereocenters. The van der Waals surface area contributed by atoms with Crippen LogP contribution in [0.4, 0.5) is 17.1 Å². The van der Waals surface area contributed by atoms with Crippen LogP contribution in [0.25, 0.3) is 44.5 Å². The molecule has 8 aromatic carbocycles. The van der Waals surface area contributed by atoms with Crippen LogP contribution in [0.3, 0.4) is 0 Å². The third-order valence-electron chi connectivity index (χ3n) is 14.2. The first-order chi connectivity index (χ1) is 28.5. The molecule has 12 rings (SSSR count). The highest BCUT2D eigenvalue weighted by molar-refractivity contribution is 6.01. The molecule has 0 unspecified atom stereocenters. The number of hydrogen-bond donors (Lipinski definition) is 0. The highest BCUT2D eigenvalue weighted by Crippen LogP contribution is 2.64. The van der Waals surface area contributed by atoms with Crippen molar-refractivity contribution in [2.45, 2.75) is 57.3 Å². The third kappa shape index (κ3) is 4.42. The molecule has 0 aliphatic heterocycles. The molecule has 4 aliphatic rings. The summed E-state index contributed by atoms with van der Waals surface area (Å²) in [5, 5.41) is 0. The standard InChI is InChI=1S/C57H45N/c1-36-29-30-37-17-7-8-20-40(37)55(36)47-34-46-44-24-12-16-28-51(44)57(49-26-14-10-22-42(49)43-23-11-15-27-50(43)57)53(46)35-54(47)58(38-18-5-4-6-19-38)39-31-32-45-41-21-9-13-25-48(41)56(2,3)52(45)33-39/h4-6,9-16,18-19,21-35H,7-8,17,20H2,1-3H3. The molecule has 0 heterocycles. The molecule has 58 heavy (non-hydrogen) atoms. The lowest BCUT2D eigenvalue weighted by atomic mass is 9.70. The molecule has 0 saturated carbocycles. The van der Waals surface area contributed by atoms with Gasteiger partial charge in [-0.2, -0.15) is 0 Å². The average molecular weight is 744 g/mol. The monoisotopic (exact) mass is 743 g/mol. The molecule has 0 radical (unpaired) electrons. The van der Waals surface area contributed by atoms with Gasteiger partial charge in [0.1, 0.15) is 0 Å². The van der Waals surface area contributed by atoms with Crippen LogP contribution in [0.2, 0.25) is 0 Å². The second kappa shape index (κ2) is 12.3. The van der Waals surface area contributed by atoms with E-state index in [9.17, 15) is 0 Å². The largest absolute Gasteiger partial charge is 0.310 e. The van der Waals surface area contributed by atoms with Gasteiger partial charge in [-0.25, -0.2) is 0 Å². The lowest BCUT2D eigenvalue weighted by Crippen LogP contribution is -2.26. The molecule has 0 aromatic heterocycles. The van der Waals surface area contributed by atoms with Gasteiger partial charge in [0.25, 0.3) is 0 Å². The van der Waals surface area contributed by atoms with Crippen molar-refractivity contribution in [1.82, 2.24) is 0 Å². The summed E-state index contributed by atoms with van der Waals surface area (Å²) in [6.07, 6.45) is 4.74. The number of rotatable bonds is 4. The average Bonchev–Trinajstić information content (AvgIpc) is 3.82. The highest BCUT2D eigenvalue weighted by Gasteiger charge is 2.52. The minimum Gasteiger partial charge on any atom is -0.310 e. The zero-order valence-electron chi connectivity index (χ0n) is 33.4. The highest BCUT2D eigenvalue weighted by atomic mass is 15.1. The van der Waals surface area contributed by atoms with Crippen LogP contribution in [-0.4, -0.2) is 0 Å². The molecule has 0 N–H and O–H groups in total. The van der Waals surface area contributed by atoms with Crippen LogP contribution >= 0.6 is 0 Å². The molecular weight excluding hydrogens is 699 g/mol. The van der Waals surface area contributed by atoms with Crippen molar-refractivity contribution in [3.8, 4) is 44.5 Å². The predicted octanol–water partition coefficient (Wildman–Crippen LogP) is 14.7. The lowest BCUT2D eigenvalue weighted by molar-refractivity contribution is 0.660. The first-order valence-corrected chi connectivity index (χ1v) is 21.2. The Kier molecular flexibility index (Phi) is 7.13. The van der Waals surface area contributed by atoms with Gasteiger partial charge in [0, 0.05) is 22.4 Å². The Balaban J connectivity index is 1.21. The van der Waals surface area contributed by atoms with E-state index in [1.54, 1.807) is 0 Å². The van der Waals surface area contributed by atoms with Crippen LogP contribution in [-0.2, 0) is 23.7 Å².